The zero-order valence-corrected chi connectivity index (χ0v) is 10.3. The first-order valence-electron chi connectivity index (χ1n) is 6.19. The van der Waals surface area contributed by atoms with Crippen LogP contribution >= 0.6 is 0 Å². The Morgan fingerprint density at radius 1 is 1.24 bits per heavy atom. The lowest BCUT2D eigenvalue weighted by Gasteiger charge is -2.15. The molecule has 0 heterocycles. The van der Waals surface area contributed by atoms with Crippen LogP contribution in [0, 0.1) is 5.41 Å². The number of hydrogen-bond acceptors (Lipinski definition) is 2. The third-order valence-electron chi connectivity index (χ3n) is 3.38. The average Bonchev–Trinajstić information content (AvgIpc) is 3.09. The van der Waals surface area contributed by atoms with Crippen molar-refractivity contribution in [3.8, 4) is 0 Å². The molecule has 1 fully saturated rings. The zero-order chi connectivity index (χ0) is 12.1. The molecule has 0 spiro atoms. The molecule has 0 saturated heterocycles. The molecule has 17 heavy (non-hydrogen) atoms. The van der Waals surface area contributed by atoms with E-state index < -0.39 is 0 Å². The minimum absolute atomic E-state index is 0.124. The summed E-state index contributed by atoms with van der Waals surface area (Å²) in [4.78, 5) is 11.8. The number of benzene rings is 1. The van der Waals surface area contributed by atoms with Crippen molar-refractivity contribution in [2.24, 2.45) is 5.41 Å². The Labute approximate surface area is 103 Å². The summed E-state index contributed by atoms with van der Waals surface area (Å²) in [5.74, 6) is 0.124. The third kappa shape index (κ3) is 3.56. The third-order valence-corrected chi connectivity index (χ3v) is 3.38. The molecule has 0 aromatic heterocycles. The molecular weight excluding hydrogens is 212 g/mol. The summed E-state index contributed by atoms with van der Waals surface area (Å²) in [7, 11) is 1.96. The molecule has 0 aliphatic heterocycles. The van der Waals surface area contributed by atoms with Crippen LogP contribution in [-0.2, 0) is 11.2 Å². The minimum Gasteiger partial charge on any atom is -0.355 e. The van der Waals surface area contributed by atoms with Gasteiger partial charge in [0, 0.05) is 18.5 Å². The van der Waals surface area contributed by atoms with E-state index in [9.17, 15) is 4.79 Å². The van der Waals surface area contributed by atoms with E-state index in [4.69, 9.17) is 0 Å². The second-order valence-electron chi connectivity index (χ2n) is 4.97. The van der Waals surface area contributed by atoms with Gasteiger partial charge in [-0.05, 0) is 25.5 Å². The predicted octanol–water partition coefficient (Wildman–Crippen LogP) is 1.34. The van der Waals surface area contributed by atoms with Crippen molar-refractivity contribution in [1.82, 2.24) is 10.6 Å². The van der Waals surface area contributed by atoms with E-state index >= 15 is 0 Å². The number of carbonyl (C=O) groups excluding carboxylic acids is 1. The summed E-state index contributed by atoms with van der Waals surface area (Å²) >= 11 is 0. The standard InChI is InChI=1S/C14H20N2O/c1-15-10-14(7-8-14)11-16-13(17)9-12-5-3-2-4-6-12/h2-6,15H,7-11H2,1H3,(H,16,17). The second kappa shape index (κ2) is 5.32. The molecular formula is C14H20N2O. The van der Waals surface area contributed by atoms with Crippen molar-refractivity contribution in [3.63, 3.8) is 0 Å². The molecule has 1 aromatic rings. The van der Waals surface area contributed by atoms with Gasteiger partial charge in [-0.1, -0.05) is 30.3 Å². The highest BCUT2D eigenvalue weighted by Gasteiger charge is 2.41. The zero-order valence-electron chi connectivity index (χ0n) is 10.3. The van der Waals surface area contributed by atoms with Gasteiger partial charge >= 0.3 is 0 Å². The lowest BCUT2D eigenvalue weighted by Crippen LogP contribution is -2.35. The Hall–Kier alpha value is -1.35. The van der Waals surface area contributed by atoms with Crippen molar-refractivity contribution >= 4 is 5.91 Å². The van der Waals surface area contributed by atoms with E-state index in [2.05, 4.69) is 10.6 Å². The number of amides is 1. The lowest BCUT2D eigenvalue weighted by atomic mass is 10.1. The van der Waals surface area contributed by atoms with E-state index in [-0.39, 0.29) is 5.91 Å². The van der Waals surface area contributed by atoms with Crippen molar-refractivity contribution < 1.29 is 4.79 Å². The molecule has 3 nitrogen and oxygen atoms in total. The van der Waals surface area contributed by atoms with Crippen molar-refractivity contribution in [2.45, 2.75) is 19.3 Å². The van der Waals surface area contributed by atoms with E-state index in [0.29, 0.717) is 11.8 Å². The summed E-state index contributed by atoms with van der Waals surface area (Å²) in [5, 5.41) is 6.23. The largest absolute Gasteiger partial charge is 0.355 e. The first kappa shape index (κ1) is 12.1. The maximum absolute atomic E-state index is 11.8. The normalized spacial score (nSPS) is 16.5. The maximum atomic E-state index is 11.8. The van der Waals surface area contributed by atoms with Gasteiger partial charge in [0.2, 0.25) is 5.91 Å². The molecule has 1 aromatic carbocycles. The van der Waals surface area contributed by atoms with E-state index in [1.54, 1.807) is 0 Å². The number of carbonyl (C=O) groups is 1. The van der Waals surface area contributed by atoms with Gasteiger partial charge in [0.1, 0.15) is 0 Å². The Morgan fingerprint density at radius 2 is 1.94 bits per heavy atom. The maximum Gasteiger partial charge on any atom is 0.224 e. The SMILES string of the molecule is CNCC1(CNC(=O)Cc2ccccc2)CC1. The molecule has 0 bridgehead atoms. The van der Waals surface area contributed by atoms with Gasteiger partial charge in [0.15, 0.2) is 0 Å². The molecule has 1 amide bonds. The van der Waals surface area contributed by atoms with Gasteiger partial charge in [0.25, 0.3) is 0 Å². The summed E-state index contributed by atoms with van der Waals surface area (Å²) < 4.78 is 0. The first-order valence-corrected chi connectivity index (χ1v) is 6.19. The van der Waals surface area contributed by atoms with Crippen molar-refractivity contribution in [1.29, 1.82) is 0 Å². The number of nitrogens with one attached hydrogen (secondary N) is 2. The topological polar surface area (TPSA) is 41.1 Å². The van der Waals surface area contributed by atoms with Crippen LogP contribution in [0.4, 0.5) is 0 Å². The fourth-order valence-corrected chi connectivity index (χ4v) is 2.10. The van der Waals surface area contributed by atoms with Gasteiger partial charge in [-0.15, -0.1) is 0 Å². The van der Waals surface area contributed by atoms with Crippen LogP contribution in [0.2, 0.25) is 0 Å². The minimum atomic E-state index is 0.124. The smallest absolute Gasteiger partial charge is 0.224 e. The molecule has 2 rings (SSSR count). The summed E-state index contributed by atoms with van der Waals surface area (Å²) in [6.07, 6.45) is 2.93. The molecule has 2 N–H and O–H groups in total. The highest BCUT2D eigenvalue weighted by atomic mass is 16.1. The van der Waals surface area contributed by atoms with Crippen LogP contribution < -0.4 is 10.6 Å². The van der Waals surface area contributed by atoms with Gasteiger partial charge in [-0.25, -0.2) is 0 Å². The molecule has 1 aliphatic carbocycles. The van der Waals surface area contributed by atoms with E-state index in [1.807, 2.05) is 37.4 Å². The Morgan fingerprint density at radius 3 is 2.53 bits per heavy atom. The van der Waals surface area contributed by atoms with Gasteiger partial charge in [-0.3, -0.25) is 4.79 Å². The van der Waals surface area contributed by atoms with Crippen LogP contribution in [0.25, 0.3) is 0 Å². The fourth-order valence-electron chi connectivity index (χ4n) is 2.10. The van der Waals surface area contributed by atoms with Crippen molar-refractivity contribution in [2.75, 3.05) is 20.1 Å². The molecule has 1 saturated carbocycles. The second-order valence-corrected chi connectivity index (χ2v) is 4.97. The first-order chi connectivity index (χ1) is 8.24. The summed E-state index contributed by atoms with van der Waals surface area (Å²) in [5.41, 5.74) is 1.41. The highest BCUT2D eigenvalue weighted by Crippen LogP contribution is 2.44. The molecule has 0 atom stereocenters. The lowest BCUT2D eigenvalue weighted by molar-refractivity contribution is -0.120. The predicted molar refractivity (Wildman–Crippen MR) is 68.7 cm³/mol. The number of rotatable bonds is 6. The van der Waals surface area contributed by atoms with Crippen LogP contribution in [-0.4, -0.2) is 26.0 Å². The monoisotopic (exact) mass is 232 g/mol. The number of hydrogen-bond donors (Lipinski definition) is 2. The summed E-state index contributed by atoms with van der Waals surface area (Å²) in [6, 6.07) is 9.87. The van der Waals surface area contributed by atoms with E-state index in [1.165, 1.54) is 12.8 Å². The molecule has 0 radical (unpaired) electrons. The Balaban J connectivity index is 1.75. The quantitative estimate of drug-likeness (QED) is 0.777. The van der Waals surface area contributed by atoms with Crippen LogP contribution in [0.3, 0.4) is 0 Å². The highest BCUT2D eigenvalue weighted by molar-refractivity contribution is 5.78. The van der Waals surface area contributed by atoms with Crippen LogP contribution in [0.15, 0.2) is 30.3 Å². The Kier molecular flexibility index (Phi) is 3.79. The van der Waals surface area contributed by atoms with Gasteiger partial charge in [0.05, 0.1) is 6.42 Å². The fraction of sp³-hybridized carbons (Fsp3) is 0.500. The Bertz CT molecular complexity index is 371. The molecule has 1 aliphatic rings. The van der Waals surface area contributed by atoms with Crippen LogP contribution in [0.1, 0.15) is 18.4 Å². The van der Waals surface area contributed by atoms with Gasteiger partial charge in [-0.2, -0.15) is 0 Å². The van der Waals surface area contributed by atoms with Gasteiger partial charge < -0.3 is 10.6 Å². The van der Waals surface area contributed by atoms with Crippen molar-refractivity contribution in [3.05, 3.63) is 35.9 Å². The summed E-state index contributed by atoms with van der Waals surface area (Å²) in [6.45, 7) is 1.80. The van der Waals surface area contributed by atoms with Crippen LogP contribution in [0.5, 0.6) is 0 Å². The average molecular weight is 232 g/mol. The molecule has 3 heteroatoms. The van der Waals surface area contributed by atoms with E-state index in [0.717, 1.165) is 18.7 Å². The molecule has 0 unspecified atom stereocenters. The molecule has 92 valence electrons.